The number of nitrogens with two attached hydrogens (primary N) is 2. The standard InChI is InChI=1S/C38H32N2O3/c1-25-35(39)15-9-17-37(25)42-33-21-29(27-11-5-3-6-12-27)19-31(23-33)41-32-20-30(28-13-7-4-8-14-28)22-34(24-32)43-38-18-10-16-36(40)26(38)2/h3-24H,39-40H2,1-2H3. The quantitative estimate of drug-likeness (QED) is 0.180. The fourth-order valence-corrected chi connectivity index (χ4v) is 4.85. The normalized spacial score (nSPS) is 10.7. The Hall–Kier alpha value is -5.68. The lowest BCUT2D eigenvalue weighted by Crippen LogP contribution is -1.95. The summed E-state index contributed by atoms with van der Waals surface area (Å²) >= 11 is 0. The molecule has 0 aliphatic heterocycles. The molecule has 0 saturated heterocycles. The lowest BCUT2D eigenvalue weighted by molar-refractivity contribution is 0.450. The average Bonchev–Trinajstić information content (AvgIpc) is 3.02. The van der Waals surface area contributed by atoms with E-state index >= 15 is 0 Å². The third-order valence-electron chi connectivity index (χ3n) is 7.32. The zero-order valence-electron chi connectivity index (χ0n) is 24.1. The van der Waals surface area contributed by atoms with Crippen molar-refractivity contribution in [1.29, 1.82) is 0 Å². The molecule has 0 radical (unpaired) electrons. The van der Waals surface area contributed by atoms with E-state index < -0.39 is 0 Å². The Bertz CT molecular complexity index is 1750. The number of hydrogen-bond acceptors (Lipinski definition) is 5. The molecule has 0 heterocycles. The molecule has 6 aromatic carbocycles. The number of ether oxygens (including phenoxy) is 3. The Morgan fingerprint density at radius 2 is 0.744 bits per heavy atom. The minimum atomic E-state index is 0.620. The molecule has 0 bridgehead atoms. The molecule has 6 rings (SSSR count). The molecule has 0 atom stereocenters. The molecular weight excluding hydrogens is 532 g/mol. The first kappa shape index (κ1) is 27.5. The molecule has 0 saturated carbocycles. The van der Waals surface area contributed by atoms with Crippen LogP contribution in [-0.2, 0) is 0 Å². The van der Waals surface area contributed by atoms with E-state index in [2.05, 4.69) is 24.3 Å². The second-order valence-electron chi connectivity index (χ2n) is 10.4. The van der Waals surface area contributed by atoms with Crippen LogP contribution in [-0.4, -0.2) is 0 Å². The van der Waals surface area contributed by atoms with Gasteiger partial charge in [0.1, 0.15) is 34.5 Å². The van der Waals surface area contributed by atoms with Crippen LogP contribution in [0.5, 0.6) is 34.5 Å². The minimum Gasteiger partial charge on any atom is -0.457 e. The van der Waals surface area contributed by atoms with E-state index in [0.29, 0.717) is 45.9 Å². The second-order valence-corrected chi connectivity index (χ2v) is 10.4. The molecule has 0 aliphatic carbocycles. The molecule has 43 heavy (non-hydrogen) atoms. The maximum Gasteiger partial charge on any atom is 0.132 e. The molecule has 6 aromatic rings. The van der Waals surface area contributed by atoms with Crippen LogP contribution < -0.4 is 25.7 Å². The highest BCUT2D eigenvalue weighted by molar-refractivity contribution is 5.70. The lowest BCUT2D eigenvalue weighted by Gasteiger charge is -2.16. The molecule has 5 heteroatoms. The Morgan fingerprint density at radius 3 is 1.14 bits per heavy atom. The summed E-state index contributed by atoms with van der Waals surface area (Å²) in [5.41, 5.74) is 19.4. The monoisotopic (exact) mass is 564 g/mol. The van der Waals surface area contributed by atoms with Crippen LogP contribution in [0.2, 0.25) is 0 Å². The first-order valence-electron chi connectivity index (χ1n) is 14.1. The molecule has 0 aliphatic rings. The van der Waals surface area contributed by atoms with Gasteiger partial charge in [-0.2, -0.15) is 0 Å². The summed E-state index contributed by atoms with van der Waals surface area (Å²) in [6.45, 7) is 3.89. The predicted molar refractivity (Wildman–Crippen MR) is 175 cm³/mol. The molecule has 0 fully saturated rings. The van der Waals surface area contributed by atoms with E-state index in [0.717, 1.165) is 33.4 Å². The van der Waals surface area contributed by atoms with Gasteiger partial charge in [0.15, 0.2) is 0 Å². The van der Waals surface area contributed by atoms with E-state index in [-0.39, 0.29) is 0 Å². The van der Waals surface area contributed by atoms with Crippen molar-refractivity contribution in [3.63, 3.8) is 0 Å². The molecule has 5 nitrogen and oxygen atoms in total. The van der Waals surface area contributed by atoms with Crippen molar-refractivity contribution in [3.8, 4) is 56.8 Å². The minimum absolute atomic E-state index is 0.620. The van der Waals surface area contributed by atoms with Gasteiger partial charge in [-0.3, -0.25) is 0 Å². The van der Waals surface area contributed by atoms with Crippen LogP contribution in [0.4, 0.5) is 11.4 Å². The van der Waals surface area contributed by atoms with Crippen LogP contribution in [0.3, 0.4) is 0 Å². The first-order chi connectivity index (χ1) is 20.9. The Labute approximate surface area is 251 Å². The van der Waals surface area contributed by atoms with E-state index in [9.17, 15) is 0 Å². The lowest BCUT2D eigenvalue weighted by atomic mass is 10.0. The summed E-state index contributed by atoms with van der Waals surface area (Å²) < 4.78 is 19.3. The van der Waals surface area contributed by atoms with Crippen LogP contribution in [0.1, 0.15) is 11.1 Å². The van der Waals surface area contributed by atoms with Crippen molar-refractivity contribution in [2.45, 2.75) is 13.8 Å². The van der Waals surface area contributed by atoms with E-state index in [4.69, 9.17) is 25.7 Å². The van der Waals surface area contributed by atoms with E-state index in [1.807, 2.05) is 123 Å². The summed E-state index contributed by atoms with van der Waals surface area (Å²) in [5, 5.41) is 0. The van der Waals surface area contributed by atoms with Crippen LogP contribution in [0.25, 0.3) is 22.3 Å². The maximum absolute atomic E-state index is 6.56. The van der Waals surface area contributed by atoms with Crippen molar-refractivity contribution >= 4 is 11.4 Å². The van der Waals surface area contributed by atoms with E-state index in [1.54, 1.807) is 0 Å². The van der Waals surface area contributed by atoms with Crippen LogP contribution in [0, 0.1) is 13.8 Å². The smallest absolute Gasteiger partial charge is 0.132 e. The molecule has 0 unspecified atom stereocenters. The first-order valence-corrected chi connectivity index (χ1v) is 14.1. The fourth-order valence-electron chi connectivity index (χ4n) is 4.85. The van der Waals surface area contributed by atoms with Gasteiger partial charge in [-0.25, -0.2) is 0 Å². The van der Waals surface area contributed by atoms with Gasteiger partial charge in [0, 0.05) is 34.6 Å². The van der Waals surface area contributed by atoms with Crippen molar-refractivity contribution in [2.24, 2.45) is 0 Å². The highest BCUT2D eigenvalue weighted by atomic mass is 16.5. The van der Waals surface area contributed by atoms with Gasteiger partial charge in [0.25, 0.3) is 0 Å². The van der Waals surface area contributed by atoms with Crippen molar-refractivity contribution in [2.75, 3.05) is 11.5 Å². The Morgan fingerprint density at radius 1 is 0.372 bits per heavy atom. The van der Waals surface area contributed by atoms with Crippen molar-refractivity contribution in [1.82, 2.24) is 0 Å². The van der Waals surface area contributed by atoms with Crippen LogP contribution in [0.15, 0.2) is 133 Å². The molecule has 212 valence electrons. The molecular formula is C38H32N2O3. The molecule has 4 N–H and O–H groups in total. The average molecular weight is 565 g/mol. The third kappa shape index (κ3) is 6.31. The maximum atomic E-state index is 6.56. The zero-order chi connectivity index (χ0) is 29.8. The van der Waals surface area contributed by atoms with Gasteiger partial charge in [-0.15, -0.1) is 0 Å². The highest BCUT2D eigenvalue weighted by Crippen LogP contribution is 2.39. The van der Waals surface area contributed by atoms with Crippen LogP contribution >= 0.6 is 0 Å². The summed E-state index contributed by atoms with van der Waals surface area (Å²) in [7, 11) is 0. The Kier molecular flexibility index (Phi) is 7.70. The Balaban J connectivity index is 1.41. The predicted octanol–water partition coefficient (Wildman–Crippen LogP) is 10.2. The van der Waals surface area contributed by atoms with Gasteiger partial charge in [0.05, 0.1) is 0 Å². The van der Waals surface area contributed by atoms with Crippen molar-refractivity contribution in [3.05, 3.63) is 145 Å². The fraction of sp³-hybridized carbons (Fsp3) is 0.0526. The van der Waals surface area contributed by atoms with Crippen molar-refractivity contribution < 1.29 is 14.2 Å². The number of hydrogen-bond donors (Lipinski definition) is 2. The van der Waals surface area contributed by atoms with Gasteiger partial charge >= 0.3 is 0 Å². The zero-order valence-corrected chi connectivity index (χ0v) is 24.1. The number of rotatable bonds is 8. The summed E-state index contributed by atoms with van der Waals surface area (Å²) in [4.78, 5) is 0. The van der Waals surface area contributed by atoms with Gasteiger partial charge in [-0.1, -0.05) is 72.8 Å². The summed E-state index contributed by atoms with van der Waals surface area (Å²) in [6.07, 6.45) is 0. The summed E-state index contributed by atoms with van der Waals surface area (Å²) in [6, 6.07) is 43.4. The SMILES string of the molecule is Cc1c(N)cccc1Oc1cc(Oc2cc(Oc3cccc(N)c3C)cc(-c3ccccc3)c2)cc(-c2ccccc2)c1. The van der Waals surface area contributed by atoms with Gasteiger partial charge in [-0.05, 0) is 84.6 Å². The van der Waals surface area contributed by atoms with E-state index in [1.165, 1.54) is 0 Å². The van der Waals surface area contributed by atoms with Gasteiger partial charge < -0.3 is 25.7 Å². The second kappa shape index (κ2) is 12.0. The third-order valence-corrected chi connectivity index (χ3v) is 7.32. The van der Waals surface area contributed by atoms with Gasteiger partial charge in [0.2, 0.25) is 0 Å². The largest absolute Gasteiger partial charge is 0.457 e. The molecule has 0 spiro atoms. The molecule has 0 aromatic heterocycles. The number of anilines is 2. The molecule has 0 amide bonds. The summed E-state index contributed by atoms with van der Waals surface area (Å²) in [5.74, 6) is 3.89. The topological polar surface area (TPSA) is 79.7 Å². The highest BCUT2D eigenvalue weighted by Gasteiger charge is 2.13. The number of benzene rings is 6. The number of nitrogen functional groups attached to an aromatic ring is 2.